The highest BCUT2D eigenvalue weighted by molar-refractivity contribution is 5.79. The van der Waals surface area contributed by atoms with Gasteiger partial charge in [-0.25, -0.2) is 4.79 Å². The summed E-state index contributed by atoms with van der Waals surface area (Å²) in [5, 5.41) is 10.4. The van der Waals surface area contributed by atoms with E-state index in [1.54, 1.807) is 6.92 Å². The van der Waals surface area contributed by atoms with Crippen molar-refractivity contribution in [3.8, 4) is 0 Å². The molecule has 0 aliphatic heterocycles. The average molecular weight is 214 g/mol. The zero-order valence-electron chi connectivity index (χ0n) is 9.79. The fourth-order valence-electron chi connectivity index (χ4n) is 2.24. The van der Waals surface area contributed by atoms with Crippen molar-refractivity contribution in [2.75, 3.05) is 6.61 Å². The Morgan fingerprint density at radius 1 is 1.40 bits per heavy atom. The molecule has 1 saturated carbocycles. The van der Waals surface area contributed by atoms with E-state index in [-0.39, 0.29) is 5.92 Å². The molecular weight excluding hydrogens is 192 g/mol. The first-order valence-corrected chi connectivity index (χ1v) is 6.01. The molecule has 3 nitrogen and oxygen atoms in total. The Balaban J connectivity index is 2.70. The maximum Gasteiger partial charge on any atom is 0.338 e. The predicted molar refractivity (Wildman–Crippen MR) is 58.4 cm³/mol. The van der Waals surface area contributed by atoms with Gasteiger partial charge in [0.2, 0.25) is 0 Å². The Bertz CT molecular complexity index is 215. The molecule has 88 valence electrons. The van der Waals surface area contributed by atoms with Gasteiger partial charge in [-0.3, -0.25) is 0 Å². The minimum Gasteiger partial charge on any atom is -0.464 e. The van der Waals surface area contributed by atoms with Crippen LogP contribution in [-0.4, -0.2) is 23.3 Å². The van der Waals surface area contributed by atoms with E-state index in [9.17, 15) is 9.90 Å². The van der Waals surface area contributed by atoms with E-state index < -0.39 is 11.6 Å². The third kappa shape index (κ3) is 2.94. The predicted octanol–water partition coefficient (Wildman–Crippen LogP) is 2.27. The number of rotatable bonds is 2. The van der Waals surface area contributed by atoms with Crippen molar-refractivity contribution < 1.29 is 14.6 Å². The number of hydrogen-bond donors (Lipinski definition) is 1. The van der Waals surface area contributed by atoms with Gasteiger partial charge in [0.25, 0.3) is 0 Å². The van der Waals surface area contributed by atoms with Crippen LogP contribution in [0.3, 0.4) is 0 Å². The van der Waals surface area contributed by atoms with Gasteiger partial charge in [-0.15, -0.1) is 0 Å². The molecule has 1 aliphatic rings. The van der Waals surface area contributed by atoms with E-state index in [2.05, 4.69) is 0 Å². The maximum absolute atomic E-state index is 11.7. The molecule has 0 radical (unpaired) electrons. The maximum atomic E-state index is 11.7. The molecule has 1 N–H and O–H groups in total. The average Bonchev–Trinajstić information content (AvgIpc) is 2.20. The summed E-state index contributed by atoms with van der Waals surface area (Å²) in [5.41, 5.74) is -1.24. The second-order valence-corrected chi connectivity index (χ2v) is 4.50. The highest BCUT2D eigenvalue weighted by Gasteiger charge is 2.42. The summed E-state index contributed by atoms with van der Waals surface area (Å²) in [7, 11) is 0. The van der Waals surface area contributed by atoms with Gasteiger partial charge >= 0.3 is 5.97 Å². The summed E-state index contributed by atoms with van der Waals surface area (Å²) in [5.74, 6) is -0.420. The van der Waals surface area contributed by atoms with Gasteiger partial charge in [0.1, 0.15) is 0 Å². The van der Waals surface area contributed by atoms with Crippen LogP contribution in [0.2, 0.25) is 0 Å². The highest BCUT2D eigenvalue weighted by atomic mass is 16.5. The van der Waals surface area contributed by atoms with Crippen LogP contribution in [0.25, 0.3) is 0 Å². The van der Waals surface area contributed by atoms with E-state index >= 15 is 0 Å². The SMILES string of the molecule is CCOC(=O)[C@]1(O)CCCCCC[C@H]1C. The van der Waals surface area contributed by atoms with Crippen LogP contribution in [0, 0.1) is 5.92 Å². The van der Waals surface area contributed by atoms with Crippen molar-refractivity contribution in [1.29, 1.82) is 0 Å². The minimum absolute atomic E-state index is 0.0110. The zero-order valence-corrected chi connectivity index (χ0v) is 9.79. The largest absolute Gasteiger partial charge is 0.464 e. The quantitative estimate of drug-likeness (QED) is 0.717. The molecule has 0 aromatic rings. The van der Waals surface area contributed by atoms with Gasteiger partial charge in [-0.1, -0.05) is 26.2 Å². The van der Waals surface area contributed by atoms with Crippen LogP contribution >= 0.6 is 0 Å². The molecule has 0 bridgehead atoms. The molecule has 0 spiro atoms. The molecule has 1 fully saturated rings. The molecule has 2 atom stereocenters. The van der Waals surface area contributed by atoms with Crippen LogP contribution in [0.5, 0.6) is 0 Å². The van der Waals surface area contributed by atoms with E-state index in [1.807, 2.05) is 6.92 Å². The summed E-state index contributed by atoms with van der Waals surface area (Å²) < 4.78 is 4.96. The third-order valence-electron chi connectivity index (χ3n) is 3.39. The van der Waals surface area contributed by atoms with Gasteiger partial charge in [0.15, 0.2) is 5.60 Å². The number of hydrogen-bond acceptors (Lipinski definition) is 3. The fraction of sp³-hybridized carbons (Fsp3) is 0.917. The van der Waals surface area contributed by atoms with E-state index in [1.165, 1.54) is 6.42 Å². The zero-order chi connectivity index (χ0) is 11.3. The first-order chi connectivity index (χ1) is 7.11. The lowest BCUT2D eigenvalue weighted by molar-refractivity contribution is -0.172. The Hall–Kier alpha value is -0.570. The first kappa shape index (κ1) is 12.5. The van der Waals surface area contributed by atoms with Crippen molar-refractivity contribution in [2.45, 2.75) is 58.0 Å². The van der Waals surface area contributed by atoms with Crippen molar-refractivity contribution in [1.82, 2.24) is 0 Å². The first-order valence-electron chi connectivity index (χ1n) is 6.01. The lowest BCUT2D eigenvalue weighted by Crippen LogP contribution is -2.46. The minimum atomic E-state index is -1.24. The van der Waals surface area contributed by atoms with Gasteiger partial charge in [0.05, 0.1) is 6.61 Å². The standard InChI is InChI=1S/C12H22O3/c1-3-15-11(13)12(14)9-7-5-4-6-8-10(12)2/h10,14H,3-9H2,1-2H3/t10-,12+/m1/s1. The van der Waals surface area contributed by atoms with Crippen molar-refractivity contribution in [2.24, 2.45) is 5.92 Å². The van der Waals surface area contributed by atoms with Gasteiger partial charge < -0.3 is 9.84 Å². The molecule has 0 aromatic carbocycles. The lowest BCUT2D eigenvalue weighted by atomic mass is 9.79. The molecule has 0 aromatic heterocycles. The lowest BCUT2D eigenvalue weighted by Gasteiger charge is -2.33. The van der Waals surface area contributed by atoms with Gasteiger partial charge in [0, 0.05) is 0 Å². The van der Waals surface area contributed by atoms with Crippen LogP contribution in [0.15, 0.2) is 0 Å². The second-order valence-electron chi connectivity index (χ2n) is 4.50. The molecule has 1 rings (SSSR count). The Morgan fingerprint density at radius 3 is 2.73 bits per heavy atom. The number of ether oxygens (including phenoxy) is 1. The Kier molecular flexibility index (Phi) is 4.58. The van der Waals surface area contributed by atoms with E-state index in [0.29, 0.717) is 13.0 Å². The van der Waals surface area contributed by atoms with Crippen LogP contribution < -0.4 is 0 Å². The Morgan fingerprint density at radius 2 is 2.07 bits per heavy atom. The van der Waals surface area contributed by atoms with E-state index in [0.717, 1.165) is 25.7 Å². The van der Waals surface area contributed by atoms with Crippen molar-refractivity contribution >= 4 is 5.97 Å². The van der Waals surface area contributed by atoms with Gasteiger partial charge in [-0.05, 0) is 32.1 Å². The highest BCUT2D eigenvalue weighted by Crippen LogP contribution is 2.32. The van der Waals surface area contributed by atoms with Crippen LogP contribution in [0.1, 0.15) is 52.4 Å². The summed E-state index contributed by atoms with van der Waals surface area (Å²) in [6, 6.07) is 0. The fourth-order valence-corrected chi connectivity index (χ4v) is 2.24. The number of carbonyl (C=O) groups is 1. The monoisotopic (exact) mass is 214 g/mol. The molecule has 0 heterocycles. The van der Waals surface area contributed by atoms with Crippen molar-refractivity contribution in [3.05, 3.63) is 0 Å². The second kappa shape index (κ2) is 5.50. The summed E-state index contributed by atoms with van der Waals surface area (Å²) in [6.07, 6.45) is 5.79. The molecule has 3 heteroatoms. The molecular formula is C12H22O3. The number of aliphatic hydroxyl groups is 1. The molecule has 15 heavy (non-hydrogen) atoms. The molecule has 1 aliphatic carbocycles. The number of esters is 1. The van der Waals surface area contributed by atoms with Crippen LogP contribution in [0.4, 0.5) is 0 Å². The third-order valence-corrected chi connectivity index (χ3v) is 3.39. The number of carbonyl (C=O) groups excluding carboxylic acids is 1. The smallest absolute Gasteiger partial charge is 0.338 e. The Labute approximate surface area is 91.8 Å². The summed E-state index contributed by atoms with van der Waals surface area (Å²) in [6.45, 7) is 4.06. The summed E-state index contributed by atoms with van der Waals surface area (Å²) in [4.78, 5) is 11.7. The molecule has 0 saturated heterocycles. The van der Waals surface area contributed by atoms with Crippen molar-refractivity contribution in [3.63, 3.8) is 0 Å². The molecule has 0 amide bonds. The summed E-state index contributed by atoms with van der Waals surface area (Å²) >= 11 is 0. The molecule has 0 unspecified atom stereocenters. The van der Waals surface area contributed by atoms with Crippen LogP contribution in [-0.2, 0) is 9.53 Å². The van der Waals surface area contributed by atoms with E-state index in [4.69, 9.17) is 4.74 Å². The normalized spacial score (nSPS) is 32.9. The topological polar surface area (TPSA) is 46.5 Å². The van der Waals surface area contributed by atoms with Gasteiger partial charge in [-0.2, -0.15) is 0 Å².